The van der Waals surface area contributed by atoms with Crippen LogP contribution in [0, 0.1) is 6.92 Å². The van der Waals surface area contributed by atoms with E-state index in [1.165, 1.54) is 0 Å². The second kappa shape index (κ2) is 8.05. The fourth-order valence-corrected chi connectivity index (χ4v) is 2.56. The molecule has 1 aromatic rings. The maximum atomic E-state index is 12.7. The molecule has 132 valence electrons. The summed E-state index contributed by atoms with van der Waals surface area (Å²) < 4.78 is 0. The third kappa shape index (κ3) is 4.89. The number of rotatable bonds is 5. The van der Waals surface area contributed by atoms with Crippen molar-refractivity contribution in [3.05, 3.63) is 17.6 Å². The van der Waals surface area contributed by atoms with Crippen molar-refractivity contribution in [3.8, 4) is 0 Å². The predicted octanol–water partition coefficient (Wildman–Crippen LogP) is 0.0628. The number of aromatic nitrogens is 2. The lowest BCUT2D eigenvalue weighted by Gasteiger charge is -2.34. The highest BCUT2D eigenvalue weighted by Gasteiger charge is 2.24. The van der Waals surface area contributed by atoms with Crippen LogP contribution in [-0.4, -0.2) is 89.8 Å². The molecule has 0 radical (unpaired) electrons. The number of likely N-dealkylation sites (N-methyl/N-ethyl adjacent to an activating group) is 1. The molecular formula is C16H26N6O2. The number of nitrogens with zero attached hydrogens (tertiary/aromatic N) is 5. The minimum Gasteiger partial charge on any atom is -0.369 e. The van der Waals surface area contributed by atoms with E-state index >= 15 is 0 Å². The molecule has 1 aliphatic heterocycles. The van der Waals surface area contributed by atoms with Gasteiger partial charge in [-0.1, -0.05) is 0 Å². The molecule has 0 saturated carbocycles. The van der Waals surface area contributed by atoms with Crippen molar-refractivity contribution in [2.75, 3.05) is 58.7 Å². The average molecular weight is 334 g/mol. The van der Waals surface area contributed by atoms with Crippen molar-refractivity contribution < 1.29 is 9.59 Å². The molecule has 2 amide bonds. The molecule has 1 N–H and O–H groups in total. The zero-order valence-electron chi connectivity index (χ0n) is 14.9. The van der Waals surface area contributed by atoms with Crippen LogP contribution in [0.1, 0.15) is 23.2 Å². The van der Waals surface area contributed by atoms with Crippen LogP contribution in [0.2, 0.25) is 0 Å². The number of carbonyl (C=O) groups is 2. The summed E-state index contributed by atoms with van der Waals surface area (Å²) in [5, 5.41) is 3.22. The molecule has 0 aromatic carbocycles. The largest absolute Gasteiger partial charge is 0.369 e. The zero-order chi connectivity index (χ0) is 17.7. The van der Waals surface area contributed by atoms with Gasteiger partial charge in [-0.2, -0.15) is 0 Å². The molecule has 1 fully saturated rings. The van der Waals surface area contributed by atoms with Crippen molar-refractivity contribution in [2.45, 2.75) is 13.8 Å². The van der Waals surface area contributed by atoms with Crippen LogP contribution >= 0.6 is 0 Å². The Kier molecular flexibility index (Phi) is 6.08. The van der Waals surface area contributed by atoms with Gasteiger partial charge >= 0.3 is 0 Å². The summed E-state index contributed by atoms with van der Waals surface area (Å²) in [4.78, 5) is 38.2. The number of amides is 2. The zero-order valence-corrected chi connectivity index (χ0v) is 14.9. The topological polar surface area (TPSA) is 81.7 Å². The van der Waals surface area contributed by atoms with Gasteiger partial charge in [0.2, 0.25) is 5.91 Å². The first-order chi connectivity index (χ1) is 11.4. The fourth-order valence-electron chi connectivity index (χ4n) is 2.56. The first-order valence-corrected chi connectivity index (χ1v) is 8.16. The SMILES string of the molecule is CC(=O)N1CCN(C(=O)c2cc(NCCN(C)C)nc(C)n2)CC1. The first-order valence-electron chi connectivity index (χ1n) is 8.16. The van der Waals surface area contributed by atoms with Crippen LogP contribution in [0.15, 0.2) is 6.07 Å². The van der Waals surface area contributed by atoms with Crippen LogP contribution < -0.4 is 5.32 Å². The van der Waals surface area contributed by atoms with E-state index in [-0.39, 0.29) is 11.8 Å². The summed E-state index contributed by atoms with van der Waals surface area (Å²) >= 11 is 0. The Balaban J connectivity index is 2.01. The van der Waals surface area contributed by atoms with Crippen molar-refractivity contribution in [3.63, 3.8) is 0 Å². The van der Waals surface area contributed by atoms with E-state index in [1.807, 2.05) is 14.1 Å². The Hall–Kier alpha value is -2.22. The van der Waals surface area contributed by atoms with Gasteiger partial charge in [-0.3, -0.25) is 9.59 Å². The first kappa shape index (κ1) is 18.1. The van der Waals surface area contributed by atoms with Crippen LogP contribution in [0.25, 0.3) is 0 Å². The molecule has 1 saturated heterocycles. The fraction of sp³-hybridized carbons (Fsp3) is 0.625. The molecule has 2 heterocycles. The maximum absolute atomic E-state index is 12.7. The third-order valence-corrected chi connectivity index (χ3v) is 3.93. The molecule has 1 aromatic heterocycles. The summed E-state index contributed by atoms with van der Waals surface area (Å²) in [6, 6.07) is 1.70. The van der Waals surface area contributed by atoms with Crippen molar-refractivity contribution >= 4 is 17.6 Å². The maximum Gasteiger partial charge on any atom is 0.272 e. The van der Waals surface area contributed by atoms with Crippen molar-refractivity contribution in [1.82, 2.24) is 24.7 Å². The molecule has 0 spiro atoms. The van der Waals surface area contributed by atoms with E-state index in [0.29, 0.717) is 43.5 Å². The van der Waals surface area contributed by atoms with Gasteiger partial charge in [-0.05, 0) is 21.0 Å². The number of hydrogen-bond donors (Lipinski definition) is 1. The Labute approximate surface area is 142 Å². The predicted molar refractivity (Wildman–Crippen MR) is 92.0 cm³/mol. The Morgan fingerprint density at radius 1 is 1.17 bits per heavy atom. The molecule has 0 unspecified atom stereocenters. The molecule has 8 heteroatoms. The molecule has 2 rings (SSSR count). The molecular weight excluding hydrogens is 308 g/mol. The van der Waals surface area contributed by atoms with E-state index in [2.05, 4.69) is 20.2 Å². The van der Waals surface area contributed by atoms with E-state index < -0.39 is 0 Å². The second-order valence-corrected chi connectivity index (χ2v) is 6.21. The quantitative estimate of drug-likeness (QED) is 0.820. The summed E-state index contributed by atoms with van der Waals surface area (Å²) in [7, 11) is 4.01. The molecule has 8 nitrogen and oxygen atoms in total. The monoisotopic (exact) mass is 334 g/mol. The summed E-state index contributed by atoms with van der Waals surface area (Å²) in [5.41, 5.74) is 0.395. The number of anilines is 1. The number of carbonyl (C=O) groups excluding carboxylic acids is 2. The molecule has 0 atom stereocenters. The molecule has 24 heavy (non-hydrogen) atoms. The van der Waals surface area contributed by atoms with Crippen LogP contribution in [-0.2, 0) is 4.79 Å². The highest BCUT2D eigenvalue weighted by Crippen LogP contribution is 2.11. The highest BCUT2D eigenvalue weighted by atomic mass is 16.2. The van der Waals surface area contributed by atoms with Crippen molar-refractivity contribution in [2.24, 2.45) is 0 Å². The molecule has 0 bridgehead atoms. The van der Waals surface area contributed by atoms with Crippen LogP contribution in [0.3, 0.4) is 0 Å². The number of nitrogens with one attached hydrogen (secondary N) is 1. The Morgan fingerprint density at radius 3 is 2.38 bits per heavy atom. The Morgan fingerprint density at radius 2 is 1.79 bits per heavy atom. The van der Waals surface area contributed by atoms with Crippen molar-refractivity contribution in [1.29, 1.82) is 0 Å². The normalized spacial score (nSPS) is 14.9. The van der Waals surface area contributed by atoms with Gasteiger partial charge < -0.3 is 20.0 Å². The minimum absolute atomic E-state index is 0.0485. The lowest BCUT2D eigenvalue weighted by atomic mass is 10.2. The number of aryl methyl sites for hydroxylation is 1. The van der Waals surface area contributed by atoms with Gasteiger partial charge in [0.25, 0.3) is 5.91 Å². The summed E-state index contributed by atoms with van der Waals surface area (Å²) in [6.45, 7) is 7.15. The minimum atomic E-state index is -0.112. The van der Waals surface area contributed by atoms with E-state index in [9.17, 15) is 9.59 Å². The van der Waals surface area contributed by atoms with Gasteiger partial charge in [0, 0.05) is 52.3 Å². The van der Waals surface area contributed by atoms with Crippen LogP contribution in [0.5, 0.6) is 0 Å². The molecule has 1 aliphatic rings. The third-order valence-electron chi connectivity index (χ3n) is 3.93. The number of hydrogen-bond acceptors (Lipinski definition) is 6. The van der Waals surface area contributed by atoms with E-state index in [0.717, 1.165) is 13.1 Å². The van der Waals surface area contributed by atoms with Gasteiger partial charge in [0.15, 0.2) is 0 Å². The van der Waals surface area contributed by atoms with Gasteiger partial charge in [0.05, 0.1) is 0 Å². The second-order valence-electron chi connectivity index (χ2n) is 6.21. The summed E-state index contributed by atoms with van der Waals surface area (Å²) in [6.07, 6.45) is 0. The molecule has 0 aliphatic carbocycles. The van der Waals surface area contributed by atoms with E-state index in [4.69, 9.17) is 0 Å². The Bertz CT molecular complexity index is 596. The van der Waals surface area contributed by atoms with Gasteiger partial charge in [0.1, 0.15) is 17.3 Å². The standard InChI is InChI=1S/C16H26N6O2/c1-12-18-14(11-15(19-12)17-5-6-20(3)4)16(24)22-9-7-21(8-10-22)13(2)23/h11H,5-10H2,1-4H3,(H,17,18,19). The van der Waals surface area contributed by atoms with Gasteiger partial charge in [-0.25, -0.2) is 9.97 Å². The van der Waals surface area contributed by atoms with Gasteiger partial charge in [-0.15, -0.1) is 0 Å². The average Bonchev–Trinajstić information content (AvgIpc) is 2.53. The smallest absolute Gasteiger partial charge is 0.272 e. The number of piperazine rings is 1. The lowest BCUT2D eigenvalue weighted by Crippen LogP contribution is -2.50. The lowest BCUT2D eigenvalue weighted by molar-refractivity contribution is -0.130. The highest BCUT2D eigenvalue weighted by molar-refractivity contribution is 5.93. The summed E-state index contributed by atoms with van der Waals surface area (Å²) in [5.74, 6) is 1.16. The van der Waals surface area contributed by atoms with Crippen LogP contribution in [0.4, 0.5) is 5.82 Å². The van der Waals surface area contributed by atoms with E-state index in [1.54, 1.807) is 29.7 Å².